The van der Waals surface area contributed by atoms with E-state index in [0.717, 1.165) is 25.9 Å². The van der Waals surface area contributed by atoms with Crippen LogP contribution in [0.4, 0.5) is 0 Å². The zero-order valence-corrected chi connectivity index (χ0v) is 11.5. The summed E-state index contributed by atoms with van der Waals surface area (Å²) in [5, 5.41) is 9.76. The van der Waals surface area contributed by atoms with Crippen LogP contribution in [0.2, 0.25) is 0 Å². The van der Waals surface area contributed by atoms with Crippen LogP contribution in [0.15, 0.2) is 30.3 Å². The first kappa shape index (κ1) is 13.1. The van der Waals surface area contributed by atoms with Gasteiger partial charge in [0.2, 0.25) is 0 Å². The van der Waals surface area contributed by atoms with E-state index in [1.165, 1.54) is 5.56 Å². The van der Waals surface area contributed by atoms with Gasteiger partial charge < -0.3 is 9.84 Å². The Hall–Kier alpha value is -0.380. The second-order valence-corrected chi connectivity index (χ2v) is 5.76. The largest absolute Gasteiger partial charge is 0.392 e. The number of aliphatic hydroxyl groups is 1. The van der Waals surface area contributed by atoms with Crippen molar-refractivity contribution in [2.24, 2.45) is 5.92 Å². The predicted molar refractivity (Wildman–Crippen MR) is 72.2 cm³/mol. The Kier molecular flexibility index (Phi) is 5.01. The maximum atomic E-state index is 9.76. The monoisotopic (exact) mass is 298 g/mol. The highest BCUT2D eigenvalue weighted by Gasteiger charge is 2.29. The fraction of sp³-hybridized carbons (Fsp3) is 0.571. The molecule has 1 aliphatic rings. The lowest BCUT2D eigenvalue weighted by Crippen LogP contribution is -2.35. The van der Waals surface area contributed by atoms with Gasteiger partial charge in [-0.2, -0.15) is 0 Å². The average molecular weight is 299 g/mol. The van der Waals surface area contributed by atoms with Crippen LogP contribution in [-0.2, 0) is 11.3 Å². The van der Waals surface area contributed by atoms with E-state index in [4.69, 9.17) is 4.74 Å². The molecule has 0 saturated heterocycles. The Morgan fingerprint density at radius 3 is 2.76 bits per heavy atom. The fourth-order valence-corrected chi connectivity index (χ4v) is 2.98. The zero-order valence-electron chi connectivity index (χ0n) is 9.89. The minimum absolute atomic E-state index is 0.187. The van der Waals surface area contributed by atoms with Crippen LogP contribution in [-0.4, -0.2) is 22.6 Å². The van der Waals surface area contributed by atoms with Crippen molar-refractivity contribution in [3.8, 4) is 0 Å². The normalized spacial score (nSPS) is 29.2. The van der Waals surface area contributed by atoms with Crippen molar-refractivity contribution in [1.82, 2.24) is 0 Å². The molecule has 0 aromatic heterocycles. The zero-order chi connectivity index (χ0) is 12.1. The van der Waals surface area contributed by atoms with Crippen LogP contribution in [0.5, 0.6) is 0 Å². The van der Waals surface area contributed by atoms with Crippen LogP contribution >= 0.6 is 15.9 Å². The van der Waals surface area contributed by atoms with Gasteiger partial charge in [0.1, 0.15) is 0 Å². The quantitative estimate of drug-likeness (QED) is 0.866. The topological polar surface area (TPSA) is 29.5 Å². The molecular weight excluding hydrogens is 280 g/mol. The highest BCUT2D eigenvalue weighted by molar-refractivity contribution is 9.09. The number of rotatable bonds is 4. The van der Waals surface area contributed by atoms with Gasteiger partial charge >= 0.3 is 0 Å². The van der Waals surface area contributed by atoms with Gasteiger partial charge in [0, 0.05) is 4.83 Å². The van der Waals surface area contributed by atoms with Gasteiger partial charge in [-0.05, 0) is 24.3 Å². The van der Waals surface area contributed by atoms with Gasteiger partial charge in [0.25, 0.3) is 0 Å². The first-order valence-corrected chi connectivity index (χ1v) is 7.13. The molecule has 94 valence electrons. The molecule has 2 rings (SSSR count). The second kappa shape index (κ2) is 6.53. The van der Waals surface area contributed by atoms with Crippen molar-refractivity contribution in [3.05, 3.63) is 35.9 Å². The first-order valence-electron chi connectivity index (χ1n) is 6.21. The number of hydrogen-bond donors (Lipinski definition) is 1. The number of benzene rings is 1. The average Bonchev–Trinajstić information content (AvgIpc) is 2.36. The van der Waals surface area contributed by atoms with Gasteiger partial charge in [0.05, 0.1) is 19.3 Å². The highest BCUT2D eigenvalue weighted by Crippen LogP contribution is 2.30. The Morgan fingerprint density at radius 2 is 2.00 bits per heavy atom. The van der Waals surface area contributed by atoms with E-state index in [1.54, 1.807) is 0 Å². The molecule has 0 bridgehead atoms. The molecule has 1 aliphatic carbocycles. The molecule has 1 fully saturated rings. The Morgan fingerprint density at radius 1 is 1.24 bits per heavy atom. The third-order valence-corrected chi connectivity index (χ3v) is 4.69. The van der Waals surface area contributed by atoms with E-state index in [0.29, 0.717) is 12.5 Å². The number of halogens is 1. The molecule has 0 unspecified atom stereocenters. The van der Waals surface area contributed by atoms with Crippen molar-refractivity contribution >= 4 is 15.9 Å². The lowest BCUT2D eigenvalue weighted by atomic mass is 9.88. The smallest absolute Gasteiger partial charge is 0.0717 e. The molecule has 3 atom stereocenters. The summed E-state index contributed by atoms with van der Waals surface area (Å²) in [6, 6.07) is 10.2. The van der Waals surface area contributed by atoms with Crippen LogP contribution in [0.1, 0.15) is 24.8 Å². The van der Waals surface area contributed by atoms with Crippen LogP contribution < -0.4 is 0 Å². The van der Waals surface area contributed by atoms with Crippen molar-refractivity contribution in [1.29, 1.82) is 0 Å². The number of alkyl halides is 1. The van der Waals surface area contributed by atoms with Gasteiger partial charge in [-0.1, -0.05) is 52.7 Å². The molecule has 1 aromatic rings. The molecule has 0 heterocycles. The predicted octanol–water partition coefficient (Wildman–Crippen LogP) is 3.13. The number of aliphatic hydroxyl groups excluding tert-OH is 1. The summed E-state index contributed by atoms with van der Waals surface area (Å²) in [5.74, 6) is 0.433. The van der Waals surface area contributed by atoms with Crippen molar-refractivity contribution in [3.63, 3.8) is 0 Å². The molecule has 0 aliphatic heterocycles. The molecule has 17 heavy (non-hydrogen) atoms. The summed E-state index contributed by atoms with van der Waals surface area (Å²) in [6.45, 7) is 1.38. The lowest BCUT2D eigenvalue weighted by molar-refractivity contribution is 0.0419. The summed E-state index contributed by atoms with van der Waals surface area (Å²) in [4.78, 5) is 0.187. The van der Waals surface area contributed by atoms with E-state index >= 15 is 0 Å². The summed E-state index contributed by atoms with van der Waals surface area (Å²) in [5.41, 5.74) is 1.20. The molecule has 1 saturated carbocycles. The molecule has 0 spiro atoms. The molecule has 0 amide bonds. The van der Waals surface area contributed by atoms with Gasteiger partial charge in [-0.25, -0.2) is 0 Å². The maximum Gasteiger partial charge on any atom is 0.0717 e. The molecule has 0 radical (unpaired) electrons. The standard InChI is InChI=1S/C14H19BrO2/c15-14-12(7-4-8-13(14)16)10-17-9-11-5-2-1-3-6-11/h1-3,5-6,12-14,16H,4,7-10H2/t12-,13+,14+/m1/s1. The van der Waals surface area contributed by atoms with Crippen LogP contribution in [0.25, 0.3) is 0 Å². The number of hydrogen-bond acceptors (Lipinski definition) is 2. The Balaban J connectivity index is 1.75. The van der Waals surface area contributed by atoms with E-state index < -0.39 is 0 Å². The third kappa shape index (κ3) is 3.80. The van der Waals surface area contributed by atoms with Gasteiger partial charge in [-0.3, -0.25) is 0 Å². The maximum absolute atomic E-state index is 9.76. The van der Waals surface area contributed by atoms with Crippen LogP contribution in [0.3, 0.4) is 0 Å². The Labute approximate surface area is 111 Å². The van der Waals surface area contributed by atoms with E-state index in [-0.39, 0.29) is 10.9 Å². The summed E-state index contributed by atoms with van der Waals surface area (Å²) in [7, 11) is 0. The molecule has 2 nitrogen and oxygen atoms in total. The minimum Gasteiger partial charge on any atom is -0.392 e. The third-order valence-electron chi connectivity index (χ3n) is 3.34. The molecule has 1 N–H and O–H groups in total. The minimum atomic E-state index is -0.214. The van der Waals surface area contributed by atoms with E-state index in [9.17, 15) is 5.11 Å². The van der Waals surface area contributed by atoms with Crippen molar-refractivity contribution < 1.29 is 9.84 Å². The van der Waals surface area contributed by atoms with Gasteiger partial charge in [-0.15, -0.1) is 0 Å². The lowest BCUT2D eigenvalue weighted by Gasteiger charge is -2.31. The summed E-state index contributed by atoms with van der Waals surface area (Å²) >= 11 is 3.58. The first-order chi connectivity index (χ1) is 8.27. The Bertz CT molecular complexity index is 328. The summed E-state index contributed by atoms with van der Waals surface area (Å²) < 4.78 is 5.74. The number of ether oxygens (including phenoxy) is 1. The van der Waals surface area contributed by atoms with E-state index in [1.807, 2.05) is 18.2 Å². The SMILES string of the molecule is O[C@H]1CCC[C@H](COCc2ccccc2)[C@@H]1Br. The second-order valence-electron chi connectivity index (χ2n) is 4.70. The highest BCUT2D eigenvalue weighted by atomic mass is 79.9. The van der Waals surface area contributed by atoms with Gasteiger partial charge in [0.15, 0.2) is 0 Å². The fourth-order valence-electron chi connectivity index (χ4n) is 2.30. The van der Waals surface area contributed by atoms with Crippen molar-refractivity contribution in [2.75, 3.05) is 6.61 Å². The molecular formula is C14H19BrO2. The molecule has 3 heteroatoms. The van der Waals surface area contributed by atoms with Crippen LogP contribution in [0, 0.1) is 5.92 Å². The summed E-state index contributed by atoms with van der Waals surface area (Å²) in [6.07, 6.45) is 2.93. The molecule has 1 aromatic carbocycles. The van der Waals surface area contributed by atoms with E-state index in [2.05, 4.69) is 28.1 Å². The van der Waals surface area contributed by atoms with Crippen molar-refractivity contribution in [2.45, 2.75) is 36.8 Å².